The van der Waals surface area contributed by atoms with Crippen LogP contribution in [0.15, 0.2) is 51.5 Å². The molecule has 0 aliphatic rings. The molecule has 0 radical (unpaired) electrons. The van der Waals surface area contributed by atoms with Gasteiger partial charge in [0.1, 0.15) is 6.07 Å². The average molecular weight is 471 g/mol. The van der Waals surface area contributed by atoms with Crippen LogP contribution in [0, 0.1) is 11.3 Å². The summed E-state index contributed by atoms with van der Waals surface area (Å²) in [5.74, 6) is 0. The van der Waals surface area contributed by atoms with E-state index in [9.17, 15) is 5.26 Å². The summed E-state index contributed by atoms with van der Waals surface area (Å²) in [5.41, 5.74) is 5.11. The van der Waals surface area contributed by atoms with Gasteiger partial charge in [0.25, 0.3) is 0 Å². The van der Waals surface area contributed by atoms with E-state index in [1.54, 1.807) is 0 Å². The Hall–Kier alpha value is -2.03. The van der Waals surface area contributed by atoms with Crippen LogP contribution in [0.5, 0.6) is 0 Å². The standard InChI is InChI=1S/C21H17Br2N3/c1-3-25-12-18(16-10-13(22)5-7-19(16)25)21-17(11-24)15-9-14(23)6-8-20(15)26(21)4-2/h5-10,12H,3-4H2,1-2H3. The van der Waals surface area contributed by atoms with Crippen LogP contribution >= 0.6 is 31.9 Å². The Bertz CT molecular complexity index is 1190. The Balaban J connectivity index is 2.18. The lowest BCUT2D eigenvalue weighted by molar-refractivity contribution is 0.790. The largest absolute Gasteiger partial charge is 0.347 e. The van der Waals surface area contributed by atoms with Crippen molar-refractivity contribution in [2.45, 2.75) is 26.9 Å². The van der Waals surface area contributed by atoms with Crippen LogP contribution in [0.3, 0.4) is 0 Å². The molecule has 0 saturated carbocycles. The van der Waals surface area contributed by atoms with Crippen molar-refractivity contribution in [3.05, 3.63) is 57.1 Å². The lowest BCUT2D eigenvalue weighted by atomic mass is 10.1. The third kappa shape index (κ3) is 2.52. The second kappa shape index (κ2) is 6.61. The molecular formula is C21H17Br2N3. The van der Waals surface area contributed by atoms with Gasteiger partial charge in [-0.2, -0.15) is 5.26 Å². The third-order valence-electron chi connectivity index (χ3n) is 4.89. The van der Waals surface area contributed by atoms with E-state index in [0.717, 1.165) is 55.1 Å². The summed E-state index contributed by atoms with van der Waals surface area (Å²) in [5, 5.41) is 12.1. The van der Waals surface area contributed by atoms with Gasteiger partial charge in [0.15, 0.2) is 0 Å². The summed E-state index contributed by atoms with van der Waals surface area (Å²) in [6.45, 7) is 5.96. The predicted molar refractivity (Wildman–Crippen MR) is 114 cm³/mol. The molecule has 2 aromatic carbocycles. The number of halogens is 2. The minimum Gasteiger partial charge on any atom is -0.347 e. The molecule has 0 fully saturated rings. The van der Waals surface area contributed by atoms with Gasteiger partial charge in [0.2, 0.25) is 0 Å². The molecule has 26 heavy (non-hydrogen) atoms. The van der Waals surface area contributed by atoms with E-state index >= 15 is 0 Å². The van der Waals surface area contributed by atoms with Crippen LogP contribution in [-0.2, 0) is 13.1 Å². The zero-order valence-corrected chi connectivity index (χ0v) is 17.7. The first-order valence-corrected chi connectivity index (χ1v) is 10.2. The molecule has 0 atom stereocenters. The third-order valence-corrected chi connectivity index (χ3v) is 5.88. The van der Waals surface area contributed by atoms with Gasteiger partial charge in [0.05, 0.1) is 11.3 Å². The minimum absolute atomic E-state index is 0.735. The van der Waals surface area contributed by atoms with Crippen LogP contribution in [0.2, 0.25) is 0 Å². The van der Waals surface area contributed by atoms with Crippen molar-refractivity contribution in [1.82, 2.24) is 9.13 Å². The molecule has 3 nitrogen and oxygen atoms in total. The second-order valence-electron chi connectivity index (χ2n) is 6.23. The maximum atomic E-state index is 9.97. The molecule has 4 rings (SSSR count). The highest BCUT2D eigenvalue weighted by Crippen LogP contribution is 2.39. The van der Waals surface area contributed by atoms with Gasteiger partial charge in [0, 0.05) is 55.6 Å². The SMILES string of the molecule is CCn1cc(-c2c(C#N)c3cc(Br)ccc3n2CC)c2cc(Br)ccc21. The zero-order chi connectivity index (χ0) is 18.4. The minimum atomic E-state index is 0.735. The van der Waals surface area contributed by atoms with Crippen molar-refractivity contribution in [3.63, 3.8) is 0 Å². The van der Waals surface area contributed by atoms with Crippen molar-refractivity contribution in [2.75, 3.05) is 0 Å². The molecular weight excluding hydrogens is 454 g/mol. The van der Waals surface area contributed by atoms with Crippen LogP contribution in [0.4, 0.5) is 0 Å². The van der Waals surface area contributed by atoms with Crippen LogP contribution in [0.25, 0.3) is 33.1 Å². The molecule has 0 amide bonds. The number of hydrogen-bond donors (Lipinski definition) is 0. The highest BCUT2D eigenvalue weighted by molar-refractivity contribution is 9.10. The van der Waals surface area contributed by atoms with Gasteiger partial charge in [-0.3, -0.25) is 0 Å². The maximum Gasteiger partial charge on any atom is 0.102 e. The average Bonchev–Trinajstić information content (AvgIpc) is 3.15. The molecule has 0 unspecified atom stereocenters. The predicted octanol–water partition coefficient (Wildman–Crippen LogP) is 6.70. The van der Waals surface area contributed by atoms with Gasteiger partial charge in [-0.25, -0.2) is 0 Å². The smallest absolute Gasteiger partial charge is 0.102 e. The highest BCUT2D eigenvalue weighted by atomic mass is 79.9. The number of benzene rings is 2. The summed E-state index contributed by atoms with van der Waals surface area (Å²) < 4.78 is 6.52. The Labute approximate surface area is 169 Å². The monoisotopic (exact) mass is 469 g/mol. The fraction of sp³-hybridized carbons (Fsp3) is 0.190. The lowest BCUT2D eigenvalue weighted by Crippen LogP contribution is -1.97. The Morgan fingerprint density at radius 3 is 2.19 bits per heavy atom. The quantitative estimate of drug-likeness (QED) is 0.328. The summed E-state index contributed by atoms with van der Waals surface area (Å²) in [6, 6.07) is 15.0. The second-order valence-corrected chi connectivity index (χ2v) is 8.06. The van der Waals surface area contributed by atoms with Crippen LogP contribution in [0.1, 0.15) is 19.4 Å². The van der Waals surface area contributed by atoms with E-state index < -0.39 is 0 Å². The van der Waals surface area contributed by atoms with Crippen LogP contribution in [-0.4, -0.2) is 9.13 Å². The maximum absolute atomic E-state index is 9.97. The van der Waals surface area contributed by atoms with Gasteiger partial charge in [-0.15, -0.1) is 0 Å². The van der Waals surface area contributed by atoms with E-state index in [1.807, 2.05) is 12.1 Å². The fourth-order valence-corrected chi connectivity index (χ4v) is 4.49. The van der Waals surface area contributed by atoms with Crippen molar-refractivity contribution < 1.29 is 0 Å². The number of nitriles is 1. The summed E-state index contributed by atoms with van der Waals surface area (Å²) in [4.78, 5) is 0. The Morgan fingerprint density at radius 1 is 0.923 bits per heavy atom. The van der Waals surface area contributed by atoms with E-state index in [-0.39, 0.29) is 0 Å². The first-order chi connectivity index (χ1) is 12.6. The topological polar surface area (TPSA) is 33.6 Å². The van der Waals surface area contributed by atoms with Crippen molar-refractivity contribution in [3.8, 4) is 17.3 Å². The summed E-state index contributed by atoms with van der Waals surface area (Å²) >= 11 is 7.14. The van der Waals surface area contributed by atoms with Gasteiger partial charge >= 0.3 is 0 Å². The number of aromatic nitrogens is 2. The van der Waals surface area contributed by atoms with E-state index in [1.165, 1.54) is 5.52 Å². The summed E-state index contributed by atoms with van der Waals surface area (Å²) in [6.07, 6.45) is 2.17. The molecule has 2 heterocycles. The first kappa shape index (κ1) is 17.4. The number of rotatable bonds is 3. The van der Waals surface area contributed by atoms with Crippen molar-refractivity contribution >= 4 is 53.7 Å². The molecule has 4 aromatic rings. The number of aryl methyl sites for hydroxylation is 2. The molecule has 0 N–H and O–H groups in total. The van der Waals surface area contributed by atoms with E-state index in [2.05, 4.69) is 91.4 Å². The molecule has 0 aliphatic carbocycles. The Morgan fingerprint density at radius 2 is 1.58 bits per heavy atom. The van der Waals surface area contributed by atoms with Crippen molar-refractivity contribution in [2.24, 2.45) is 0 Å². The molecule has 0 aliphatic heterocycles. The van der Waals surface area contributed by atoms with E-state index in [0.29, 0.717) is 0 Å². The molecule has 0 spiro atoms. The van der Waals surface area contributed by atoms with Crippen molar-refractivity contribution in [1.29, 1.82) is 5.26 Å². The van der Waals surface area contributed by atoms with E-state index in [4.69, 9.17) is 0 Å². The molecule has 130 valence electrons. The fourth-order valence-electron chi connectivity index (χ4n) is 3.77. The molecule has 0 saturated heterocycles. The molecule has 5 heteroatoms. The lowest BCUT2D eigenvalue weighted by Gasteiger charge is -2.08. The molecule has 0 bridgehead atoms. The summed E-state index contributed by atoms with van der Waals surface area (Å²) in [7, 11) is 0. The zero-order valence-electron chi connectivity index (χ0n) is 14.6. The normalized spacial score (nSPS) is 11.3. The number of nitrogens with zero attached hydrogens (tertiary/aromatic N) is 3. The first-order valence-electron chi connectivity index (χ1n) is 8.59. The molecule has 2 aromatic heterocycles. The van der Waals surface area contributed by atoms with Gasteiger partial charge in [-0.1, -0.05) is 31.9 Å². The highest BCUT2D eigenvalue weighted by Gasteiger charge is 2.21. The number of hydrogen-bond acceptors (Lipinski definition) is 1. The van der Waals surface area contributed by atoms with Crippen LogP contribution < -0.4 is 0 Å². The number of fused-ring (bicyclic) bond motifs is 2. The Kier molecular flexibility index (Phi) is 4.42. The van der Waals surface area contributed by atoms with Gasteiger partial charge < -0.3 is 9.13 Å². The van der Waals surface area contributed by atoms with Gasteiger partial charge in [-0.05, 0) is 50.2 Å².